The number of nitrogens with two attached hydrogens (primary N) is 1. The number of primary amides is 1. The van der Waals surface area contributed by atoms with Crippen LogP contribution in [0.3, 0.4) is 0 Å². The first-order valence-corrected chi connectivity index (χ1v) is 13.4. The summed E-state index contributed by atoms with van der Waals surface area (Å²) in [5, 5.41) is 5.09. The van der Waals surface area contributed by atoms with Gasteiger partial charge in [-0.2, -0.15) is 5.10 Å². The summed E-state index contributed by atoms with van der Waals surface area (Å²) in [6.07, 6.45) is 3.88. The van der Waals surface area contributed by atoms with Gasteiger partial charge in [-0.25, -0.2) is 8.91 Å². The standard InChI is InChI=1S/C25H21BrClFN4O3S/c26-19-8-1-14(11-20(19)27)9-10-32(36(34)35)22-13-31-21(12-18(22)15-2-3-15)23(25(29)33)24(30-31)16-4-6-17(28)7-5-16/h1,4-8,11-13,15H,2-3,9-10H2,(H2,29,33)(H,34,35)/p-1. The van der Waals surface area contributed by atoms with Crippen LogP contribution in [-0.2, 0) is 17.7 Å². The number of nitrogens with zero attached hydrogens (tertiary/aromatic N) is 3. The Kier molecular flexibility index (Phi) is 6.86. The fourth-order valence-corrected chi connectivity index (χ4v) is 5.28. The van der Waals surface area contributed by atoms with Gasteiger partial charge in [-0.15, -0.1) is 0 Å². The third-order valence-electron chi connectivity index (χ3n) is 6.20. The van der Waals surface area contributed by atoms with Crippen molar-refractivity contribution in [2.45, 2.75) is 25.2 Å². The summed E-state index contributed by atoms with van der Waals surface area (Å²) in [7, 11) is 0. The lowest BCUT2D eigenvalue weighted by Crippen LogP contribution is -2.29. The molecule has 1 unspecified atom stereocenters. The van der Waals surface area contributed by atoms with Gasteiger partial charge in [0.1, 0.15) is 11.5 Å². The summed E-state index contributed by atoms with van der Waals surface area (Å²) < 4.78 is 41.7. The summed E-state index contributed by atoms with van der Waals surface area (Å²) >= 11 is 7.00. The van der Waals surface area contributed by atoms with E-state index >= 15 is 0 Å². The van der Waals surface area contributed by atoms with Gasteiger partial charge in [-0.05, 0) is 94.7 Å². The van der Waals surface area contributed by atoms with Crippen LogP contribution in [-0.4, -0.2) is 30.8 Å². The zero-order valence-electron chi connectivity index (χ0n) is 18.8. The molecular formula is C25H20BrClFN4O3S-. The maximum atomic E-state index is 13.5. The number of carbonyl (C=O) groups is 1. The van der Waals surface area contributed by atoms with Crippen LogP contribution in [0, 0.1) is 5.82 Å². The summed E-state index contributed by atoms with van der Waals surface area (Å²) in [5.41, 5.74) is 9.43. The molecule has 2 aromatic carbocycles. The lowest BCUT2D eigenvalue weighted by Gasteiger charge is -2.28. The molecule has 186 valence electrons. The first-order chi connectivity index (χ1) is 17.2. The van der Waals surface area contributed by atoms with Crippen molar-refractivity contribution >= 4 is 55.9 Å². The van der Waals surface area contributed by atoms with E-state index in [1.165, 1.54) is 33.1 Å². The number of fused-ring (bicyclic) bond motifs is 1. The number of hydrogen-bond acceptors (Lipinski definition) is 4. The SMILES string of the molecule is NC(=O)c1c(-c2ccc(F)cc2)nn2cc(N(CCc3ccc(Br)c(Cl)c3)S(=O)[O-])c(C3CC3)cc12. The summed E-state index contributed by atoms with van der Waals surface area (Å²) in [4.78, 5) is 12.4. The largest absolute Gasteiger partial charge is 0.755 e. The molecule has 0 saturated heterocycles. The lowest BCUT2D eigenvalue weighted by atomic mass is 10.0. The summed E-state index contributed by atoms with van der Waals surface area (Å²) in [6, 6.07) is 12.9. The minimum absolute atomic E-state index is 0.170. The van der Waals surface area contributed by atoms with Crippen molar-refractivity contribution in [1.82, 2.24) is 9.61 Å². The number of carbonyl (C=O) groups excluding carboxylic acids is 1. The van der Waals surface area contributed by atoms with Crippen molar-refractivity contribution in [2.75, 3.05) is 10.8 Å². The number of aromatic nitrogens is 2. The molecule has 1 saturated carbocycles. The molecule has 0 aliphatic heterocycles. The normalized spacial score (nSPS) is 14.2. The van der Waals surface area contributed by atoms with Crippen LogP contribution in [0.2, 0.25) is 5.02 Å². The van der Waals surface area contributed by atoms with Crippen LogP contribution >= 0.6 is 27.5 Å². The lowest BCUT2D eigenvalue weighted by molar-refractivity contribution is 0.100. The predicted molar refractivity (Wildman–Crippen MR) is 140 cm³/mol. The van der Waals surface area contributed by atoms with Gasteiger partial charge in [0.05, 0.1) is 28.0 Å². The molecule has 36 heavy (non-hydrogen) atoms. The van der Waals surface area contributed by atoms with E-state index in [0.717, 1.165) is 28.4 Å². The highest BCUT2D eigenvalue weighted by atomic mass is 79.9. The second-order valence-corrected chi connectivity index (χ2v) is 10.8. The molecule has 4 aromatic rings. The highest BCUT2D eigenvalue weighted by molar-refractivity contribution is 9.10. The maximum Gasteiger partial charge on any atom is 0.253 e. The second-order valence-electron chi connectivity index (χ2n) is 8.63. The highest BCUT2D eigenvalue weighted by Crippen LogP contribution is 2.46. The molecule has 0 bridgehead atoms. The molecule has 7 nitrogen and oxygen atoms in total. The number of amides is 1. The Morgan fingerprint density at radius 3 is 2.58 bits per heavy atom. The van der Waals surface area contributed by atoms with E-state index < -0.39 is 23.0 Å². The van der Waals surface area contributed by atoms with E-state index in [9.17, 15) is 17.9 Å². The molecule has 0 spiro atoms. The topological polar surface area (TPSA) is 104 Å². The van der Waals surface area contributed by atoms with E-state index in [-0.39, 0.29) is 18.0 Å². The van der Waals surface area contributed by atoms with Gasteiger partial charge in [0, 0.05) is 27.8 Å². The van der Waals surface area contributed by atoms with E-state index in [4.69, 9.17) is 17.3 Å². The Bertz CT molecular complexity index is 1510. The number of hydrogen-bond donors (Lipinski definition) is 1. The predicted octanol–water partition coefficient (Wildman–Crippen LogP) is 5.38. The van der Waals surface area contributed by atoms with Crippen molar-refractivity contribution in [3.8, 4) is 11.3 Å². The Labute approximate surface area is 222 Å². The molecule has 11 heteroatoms. The molecule has 1 amide bonds. The zero-order chi connectivity index (χ0) is 25.6. The molecule has 5 rings (SSSR count). The minimum Gasteiger partial charge on any atom is -0.755 e. The molecule has 1 fully saturated rings. The third-order valence-corrected chi connectivity index (χ3v) is 8.17. The van der Waals surface area contributed by atoms with E-state index in [1.54, 1.807) is 18.3 Å². The van der Waals surface area contributed by atoms with Gasteiger partial charge in [-0.3, -0.25) is 9.00 Å². The average Bonchev–Trinajstić information content (AvgIpc) is 3.61. The van der Waals surface area contributed by atoms with Crippen molar-refractivity contribution in [3.05, 3.63) is 86.7 Å². The van der Waals surface area contributed by atoms with E-state index in [0.29, 0.717) is 33.9 Å². The summed E-state index contributed by atoms with van der Waals surface area (Å²) in [6.45, 7) is 0.189. The second kappa shape index (κ2) is 9.93. The van der Waals surface area contributed by atoms with Crippen molar-refractivity contribution in [3.63, 3.8) is 0 Å². The van der Waals surface area contributed by atoms with Crippen LogP contribution < -0.4 is 10.0 Å². The van der Waals surface area contributed by atoms with Gasteiger partial charge < -0.3 is 14.6 Å². The number of halogens is 3. The van der Waals surface area contributed by atoms with Crippen LogP contribution in [0.15, 0.2) is 59.2 Å². The monoisotopic (exact) mass is 589 g/mol. The number of anilines is 1. The maximum absolute atomic E-state index is 13.5. The quantitative estimate of drug-likeness (QED) is 0.278. The van der Waals surface area contributed by atoms with Gasteiger partial charge >= 0.3 is 0 Å². The fourth-order valence-electron chi connectivity index (χ4n) is 4.28. The third kappa shape index (κ3) is 4.90. The summed E-state index contributed by atoms with van der Waals surface area (Å²) in [5.74, 6) is -0.916. The number of benzene rings is 2. The van der Waals surface area contributed by atoms with Gasteiger partial charge in [0.25, 0.3) is 5.91 Å². The molecular weight excluding hydrogens is 571 g/mol. The first kappa shape index (κ1) is 24.9. The van der Waals surface area contributed by atoms with Crippen LogP contribution in [0.4, 0.5) is 10.1 Å². The molecule has 2 heterocycles. The highest BCUT2D eigenvalue weighted by Gasteiger charge is 2.31. The zero-order valence-corrected chi connectivity index (χ0v) is 21.9. The van der Waals surface area contributed by atoms with Crippen LogP contribution in [0.1, 0.15) is 40.2 Å². The van der Waals surface area contributed by atoms with Crippen molar-refractivity contribution in [2.24, 2.45) is 5.73 Å². The van der Waals surface area contributed by atoms with E-state index in [1.807, 2.05) is 12.1 Å². The number of pyridine rings is 1. The molecule has 2 aromatic heterocycles. The van der Waals surface area contributed by atoms with Crippen molar-refractivity contribution < 1.29 is 17.9 Å². The van der Waals surface area contributed by atoms with Gasteiger partial charge in [0.15, 0.2) is 0 Å². The Hall–Kier alpha value is -2.79. The Morgan fingerprint density at radius 2 is 1.97 bits per heavy atom. The van der Waals surface area contributed by atoms with Crippen molar-refractivity contribution in [1.29, 1.82) is 0 Å². The Balaban J connectivity index is 1.60. The van der Waals surface area contributed by atoms with Gasteiger partial charge in [-0.1, -0.05) is 17.7 Å². The Morgan fingerprint density at radius 1 is 1.25 bits per heavy atom. The molecule has 2 N–H and O–H groups in total. The van der Waals surface area contributed by atoms with Crippen LogP contribution in [0.25, 0.3) is 16.8 Å². The molecule has 1 aliphatic rings. The van der Waals surface area contributed by atoms with E-state index in [2.05, 4.69) is 21.0 Å². The molecule has 1 atom stereocenters. The molecule has 1 aliphatic carbocycles. The van der Waals surface area contributed by atoms with Crippen LogP contribution in [0.5, 0.6) is 0 Å². The average molecular weight is 591 g/mol. The minimum atomic E-state index is -2.56. The fraction of sp³-hybridized carbons (Fsp3) is 0.200. The first-order valence-electron chi connectivity index (χ1n) is 11.2. The smallest absolute Gasteiger partial charge is 0.253 e. The van der Waals surface area contributed by atoms with Gasteiger partial charge in [0.2, 0.25) is 0 Å². The number of rotatable bonds is 8. The molecule has 0 radical (unpaired) electrons.